The van der Waals surface area contributed by atoms with Gasteiger partial charge < -0.3 is 10.4 Å². The van der Waals surface area contributed by atoms with E-state index in [1.54, 1.807) is 11.8 Å². The number of hydrogen-bond donors (Lipinski definition) is 2. The van der Waals surface area contributed by atoms with Gasteiger partial charge in [0.05, 0.1) is 5.92 Å². The van der Waals surface area contributed by atoms with E-state index in [1.807, 2.05) is 20.1 Å². The second-order valence-corrected chi connectivity index (χ2v) is 4.84. The minimum absolute atomic E-state index is 0.0586. The van der Waals surface area contributed by atoms with E-state index < -0.39 is 11.9 Å². The monoisotopic (exact) mass is 247 g/mol. The van der Waals surface area contributed by atoms with Crippen LogP contribution in [0, 0.1) is 11.8 Å². The van der Waals surface area contributed by atoms with Crippen molar-refractivity contribution >= 4 is 23.6 Å². The second kappa shape index (κ2) is 8.44. The van der Waals surface area contributed by atoms with Gasteiger partial charge in [-0.25, -0.2) is 0 Å². The van der Waals surface area contributed by atoms with Gasteiger partial charge in [-0.15, -0.1) is 0 Å². The van der Waals surface area contributed by atoms with E-state index >= 15 is 0 Å². The molecule has 0 bridgehead atoms. The Balaban J connectivity index is 4.00. The largest absolute Gasteiger partial charge is 0.481 e. The molecule has 94 valence electrons. The molecule has 0 spiro atoms. The molecule has 0 aliphatic carbocycles. The van der Waals surface area contributed by atoms with E-state index in [0.717, 1.165) is 12.2 Å². The van der Waals surface area contributed by atoms with Crippen molar-refractivity contribution in [1.29, 1.82) is 0 Å². The number of carboxylic acids is 1. The van der Waals surface area contributed by atoms with Gasteiger partial charge in [0, 0.05) is 18.2 Å². The lowest BCUT2D eigenvalue weighted by atomic mass is 10.0. The molecule has 5 heteroatoms. The molecule has 2 N–H and O–H groups in total. The lowest BCUT2D eigenvalue weighted by molar-refractivity contribution is -0.142. The Morgan fingerprint density at radius 3 is 2.50 bits per heavy atom. The topological polar surface area (TPSA) is 66.4 Å². The lowest BCUT2D eigenvalue weighted by Crippen LogP contribution is -2.36. The van der Waals surface area contributed by atoms with Gasteiger partial charge in [-0.3, -0.25) is 9.59 Å². The van der Waals surface area contributed by atoms with Crippen LogP contribution in [0.5, 0.6) is 0 Å². The van der Waals surface area contributed by atoms with Gasteiger partial charge in [0.1, 0.15) is 0 Å². The Bertz CT molecular complexity index is 233. The summed E-state index contributed by atoms with van der Waals surface area (Å²) in [6.07, 6.45) is 3.36. The number of rotatable bonds is 8. The van der Waals surface area contributed by atoms with E-state index in [9.17, 15) is 9.59 Å². The fourth-order valence-corrected chi connectivity index (χ4v) is 2.04. The quantitative estimate of drug-likeness (QED) is 0.684. The van der Waals surface area contributed by atoms with Gasteiger partial charge >= 0.3 is 5.97 Å². The Hall–Kier alpha value is -0.710. The van der Waals surface area contributed by atoms with E-state index in [1.165, 1.54) is 0 Å². The summed E-state index contributed by atoms with van der Waals surface area (Å²) < 4.78 is 0. The Morgan fingerprint density at radius 1 is 1.44 bits per heavy atom. The summed E-state index contributed by atoms with van der Waals surface area (Å²) in [5.41, 5.74) is 0. The van der Waals surface area contributed by atoms with Gasteiger partial charge in [0.25, 0.3) is 0 Å². The van der Waals surface area contributed by atoms with Gasteiger partial charge in [0.2, 0.25) is 5.91 Å². The smallest absolute Gasteiger partial charge is 0.308 e. The number of hydrogen-bond acceptors (Lipinski definition) is 3. The SMILES string of the molecule is CCCC(CNC(=O)C(C)CSC)C(=O)O. The third kappa shape index (κ3) is 6.00. The number of carboxylic acid groups (broad SMARTS) is 1. The Morgan fingerprint density at radius 2 is 2.06 bits per heavy atom. The van der Waals surface area contributed by atoms with Crippen LogP contribution in [0.4, 0.5) is 0 Å². The van der Waals surface area contributed by atoms with Crippen LogP contribution in [0.2, 0.25) is 0 Å². The highest BCUT2D eigenvalue weighted by Gasteiger charge is 2.19. The number of carbonyl (C=O) groups is 2. The molecular weight excluding hydrogens is 226 g/mol. The van der Waals surface area contributed by atoms with Crippen LogP contribution in [0.25, 0.3) is 0 Å². The second-order valence-electron chi connectivity index (χ2n) is 3.93. The van der Waals surface area contributed by atoms with Crippen LogP contribution < -0.4 is 5.32 Å². The zero-order valence-corrected chi connectivity index (χ0v) is 11.0. The highest BCUT2D eigenvalue weighted by atomic mass is 32.2. The molecule has 0 rings (SSSR count). The van der Waals surface area contributed by atoms with Crippen molar-refractivity contribution in [3.8, 4) is 0 Å². The predicted octanol–water partition coefficient (Wildman–Crippen LogP) is 1.60. The highest BCUT2D eigenvalue weighted by molar-refractivity contribution is 7.98. The fourth-order valence-electron chi connectivity index (χ4n) is 1.39. The molecule has 1 amide bonds. The minimum atomic E-state index is -0.834. The molecule has 0 aromatic carbocycles. The maximum absolute atomic E-state index is 11.5. The van der Waals surface area contributed by atoms with Crippen molar-refractivity contribution < 1.29 is 14.7 Å². The molecular formula is C11H21NO3S. The van der Waals surface area contributed by atoms with Gasteiger partial charge in [0.15, 0.2) is 0 Å². The van der Waals surface area contributed by atoms with E-state index in [0.29, 0.717) is 6.42 Å². The molecule has 2 unspecified atom stereocenters. The average molecular weight is 247 g/mol. The maximum atomic E-state index is 11.5. The first kappa shape index (κ1) is 15.3. The van der Waals surface area contributed by atoms with Crippen LogP contribution in [0.3, 0.4) is 0 Å². The predicted molar refractivity (Wildman–Crippen MR) is 66.6 cm³/mol. The zero-order valence-electron chi connectivity index (χ0n) is 10.2. The van der Waals surface area contributed by atoms with E-state index in [-0.39, 0.29) is 18.4 Å². The van der Waals surface area contributed by atoms with Crippen LogP contribution in [-0.4, -0.2) is 35.5 Å². The van der Waals surface area contributed by atoms with Gasteiger partial charge in [-0.2, -0.15) is 11.8 Å². The summed E-state index contributed by atoms with van der Waals surface area (Å²) in [5, 5.41) is 11.6. The Kier molecular flexibility index (Phi) is 8.07. The van der Waals surface area contributed by atoms with Gasteiger partial charge in [-0.05, 0) is 12.7 Å². The fraction of sp³-hybridized carbons (Fsp3) is 0.818. The molecule has 0 radical (unpaired) electrons. The van der Waals surface area contributed by atoms with E-state index in [4.69, 9.17) is 5.11 Å². The van der Waals surface area contributed by atoms with Crippen molar-refractivity contribution in [2.24, 2.45) is 11.8 Å². The standard InChI is InChI=1S/C11H21NO3S/c1-4-5-9(11(14)15)6-12-10(13)8(2)7-16-3/h8-9H,4-7H2,1-3H3,(H,12,13)(H,14,15). The third-order valence-corrected chi connectivity index (χ3v) is 3.21. The molecule has 2 atom stereocenters. The number of aliphatic carboxylic acids is 1. The summed E-state index contributed by atoms with van der Waals surface area (Å²) in [6, 6.07) is 0. The van der Waals surface area contributed by atoms with Crippen molar-refractivity contribution in [3.05, 3.63) is 0 Å². The average Bonchev–Trinajstić information content (AvgIpc) is 2.23. The normalized spacial score (nSPS) is 14.2. The summed E-state index contributed by atoms with van der Waals surface area (Å²) in [6.45, 7) is 4.02. The molecule has 0 aliphatic heterocycles. The molecule has 0 heterocycles. The molecule has 4 nitrogen and oxygen atoms in total. The zero-order chi connectivity index (χ0) is 12.6. The van der Waals surface area contributed by atoms with Crippen molar-refractivity contribution in [2.75, 3.05) is 18.6 Å². The van der Waals surface area contributed by atoms with Crippen LogP contribution >= 0.6 is 11.8 Å². The number of amides is 1. The van der Waals surface area contributed by atoms with Crippen molar-refractivity contribution in [2.45, 2.75) is 26.7 Å². The van der Waals surface area contributed by atoms with Gasteiger partial charge in [-0.1, -0.05) is 20.3 Å². The van der Waals surface area contributed by atoms with E-state index in [2.05, 4.69) is 5.32 Å². The minimum Gasteiger partial charge on any atom is -0.481 e. The molecule has 16 heavy (non-hydrogen) atoms. The molecule has 0 saturated heterocycles. The Labute approximate surface area is 101 Å². The summed E-state index contributed by atoms with van der Waals surface area (Å²) >= 11 is 1.61. The lowest BCUT2D eigenvalue weighted by Gasteiger charge is -2.15. The highest BCUT2D eigenvalue weighted by Crippen LogP contribution is 2.07. The molecule has 0 aromatic rings. The third-order valence-electron chi connectivity index (χ3n) is 2.37. The van der Waals surface area contributed by atoms with Crippen molar-refractivity contribution in [1.82, 2.24) is 5.32 Å². The molecule has 0 aliphatic rings. The summed E-state index contributed by atoms with van der Waals surface area (Å²) in [4.78, 5) is 22.4. The van der Waals surface area contributed by atoms with Crippen LogP contribution in [0.1, 0.15) is 26.7 Å². The number of thioether (sulfide) groups is 1. The van der Waals surface area contributed by atoms with Crippen LogP contribution in [-0.2, 0) is 9.59 Å². The first-order valence-corrected chi connectivity index (χ1v) is 6.91. The van der Waals surface area contributed by atoms with Crippen LogP contribution in [0.15, 0.2) is 0 Å². The summed E-state index contributed by atoms with van der Waals surface area (Å²) in [5.74, 6) is -0.657. The first-order chi connectivity index (χ1) is 7.52. The number of carbonyl (C=O) groups excluding carboxylic acids is 1. The maximum Gasteiger partial charge on any atom is 0.308 e. The molecule has 0 saturated carbocycles. The van der Waals surface area contributed by atoms with Crippen molar-refractivity contribution in [3.63, 3.8) is 0 Å². The summed E-state index contributed by atoms with van der Waals surface area (Å²) in [7, 11) is 0. The first-order valence-electron chi connectivity index (χ1n) is 5.52. The number of nitrogens with one attached hydrogen (secondary N) is 1. The molecule has 0 fully saturated rings. The molecule has 0 aromatic heterocycles.